The quantitative estimate of drug-likeness (QED) is 0.436. The fourth-order valence-electron chi connectivity index (χ4n) is 4.07. The number of imidazole rings is 1. The van der Waals surface area contributed by atoms with Crippen molar-refractivity contribution in [3.63, 3.8) is 0 Å². The maximum absolute atomic E-state index is 12.5. The van der Waals surface area contributed by atoms with Crippen molar-refractivity contribution in [2.45, 2.75) is 19.4 Å². The molecule has 6 nitrogen and oxygen atoms in total. The minimum Gasteiger partial charge on any atom is -0.497 e. The molecular weight excluding hydrogens is 436 g/mol. The van der Waals surface area contributed by atoms with Gasteiger partial charge in [0.15, 0.2) is 0 Å². The number of hydrogen-bond donors (Lipinski definition) is 0. The van der Waals surface area contributed by atoms with Crippen LogP contribution in [0.4, 0.5) is 0 Å². The summed E-state index contributed by atoms with van der Waals surface area (Å²) in [7, 11) is 3.59. The van der Waals surface area contributed by atoms with Crippen LogP contribution >= 0.6 is 0 Å². The Bertz CT molecular complexity index is 1340. The minimum atomic E-state index is 0.0680. The van der Waals surface area contributed by atoms with Crippen molar-refractivity contribution in [2.75, 3.05) is 13.7 Å². The fourth-order valence-corrected chi connectivity index (χ4v) is 4.07. The second-order valence-corrected chi connectivity index (χ2v) is 8.46. The van der Waals surface area contributed by atoms with E-state index in [0.29, 0.717) is 23.4 Å². The molecule has 0 aliphatic carbocycles. The lowest BCUT2D eigenvalue weighted by molar-refractivity contribution is 0.0734. The maximum Gasteiger partial charge on any atom is 0.254 e. The number of methoxy groups -OCH3 is 1. The van der Waals surface area contributed by atoms with Gasteiger partial charge < -0.3 is 14.2 Å². The molecular formula is C29H28N4O2. The average Bonchev–Trinajstić information content (AvgIpc) is 3.32. The summed E-state index contributed by atoms with van der Waals surface area (Å²) in [5.74, 6) is 0.784. The number of ether oxygens (including phenoxy) is 1. The van der Waals surface area contributed by atoms with Crippen LogP contribution in [0.1, 0.15) is 38.3 Å². The number of benzene rings is 3. The standard InChI is InChI=1S/C17H17NO2.C12H11N3/c1-20-16-8-4-7-14(11-16)17(19)18-10-9-13-5-2-3-6-15(13)12-18;1-15-9-14-8-12(15)6-10-2-4-11(7-13)5-3-10/h2-8,11H,9-10,12H2,1H3;2-5,8-9H,6H2,1H3. The topological polar surface area (TPSA) is 71.2 Å². The predicted octanol–water partition coefficient (Wildman–Crippen LogP) is 4.78. The molecule has 2 heterocycles. The number of nitriles is 1. The summed E-state index contributed by atoms with van der Waals surface area (Å²) < 4.78 is 7.18. The zero-order valence-electron chi connectivity index (χ0n) is 20.0. The molecule has 176 valence electrons. The second-order valence-electron chi connectivity index (χ2n) is 8.46. The van der Waals surface area contributed by atoms with Crippen LogP contribution in [0, 0.1) is 11.3 Å². The Balaban J connectivity index is 0.000000172. The highest BCUT2D eigenvalue weighted by atomic mass is 16.5. The van der Waals surface area contributed by atoms with E-state index in [0.717, 1.165) is 19.4 Å². The lowest BCUT2D eigenvalue weighted by Crippen LogP contribution is -2.35. The molecule has 0 unspecified atom stereocenters. The van der Waals surface area contributed by atoms with E-state index in [9.17, 15) is 4.79 Å². The average molecular weight is 465 g/mol. The third-order valence-corrected chi connectivity index (χ3v) is 6.12. The summed E-state index contributed by atoms with van der Waals surface area (Å²) >= 11 is 0. The Labute approximate surface area is 206 Å². The lowest BCUT2D eigenvalue weighted by Gasteiger charge is -2.29. The second kappa shape index (κ2) is 11.2. The summed E-state index contributed by atoms with van der Waals surface area (Å²) in [5.41, 5.74) is 6.34. The van der Waals surface area contributed by atoms with Crippen LogP contribution in [0.5, 0.6) is 5.75 Å². The summed E-state index contributed by atoms with van der Waals surface area (Å²) in [6, 6.07) is 25.4. The van der Waals surface area contributed by atoms with Gasteiger partial charge in [0.05, 0.1) is 25.1 Å². The normalized spacial score (nSPS) is 12.1. The number of fused-ring (bicyclic) bond motifs is 1. The van der Waals surface area contributed by atoms with Crippen LogP contribution in [0.3, 0.4) is 0 Å². The molecule has 0 spiro atoms. The lowest BCUT2D eigenvalue weighted by atomic mass is 9.99. The molecule has 0 saturated heterocycles. The molecule has 0 bridgehead atoms. The Kier molecular flexibility index (Phi) is 7.59. The van der Waals surface area contributed by atoms with Gasteiger partial charge in [-0.25, -0.2) is 4.98 Å². The first-order valence-electron chi connectivity index (χ1n) is 11.5. The van der Waals surface area contributed by atoms with Crippen LogP contribution in [-0.2, 0) is 26.4 Å². The van der Waals surface area contributed by atoms with Gasteiger partial charge in [-0.2, -0.15) is 5.26 Å². The van der Waals surface area contributed by atoms with E-state index in [-0.39, 0.29) is 5.91 Å². The smallest absolute Gasteiger partial charge is 0.254 e. The number of carbonyl (C=O) groups excluding carboxylic acids is 1. The number of carbonyl (C=O) groups is 1. The Morgan fingerprint density at radius 2 is 1.83 bits per heavy atom. The molecule has 1 aromatic heterocycles. The van der Waals surface area contributed by atoms with E-state index in [1.165, 1.54) is 22.4 Å². The molecule has 1 amide bonds. The number of rotatable bonds is 4. The molecule has 35 heavy (non-hydrogen) atoms. The van der Waals surface area contributed by atoms with Gasteiger partial charge in [0.1, 0.15) is 5.75 Å². The Hall–Kier alpha value is -4.37. The number of hydrogen-bond acceptors (Lipinski definition) is 4. The van der Waals surface area contributed by atoms with Crippen molar-refractivity contribution in [1.29, 1.82) is 5.26 Å². The molecule has 5 rings (SSSR count). The van der Waals surface area contributed by atoms with Gasteiger partial charge in [0, 0.05) is 44.0 Å². The number of nitrogens with zero attached hydrogens (tertiary/aromatic N) is 4. The van der Waals surface area contributed by atoms with Crippen molar-refractivity contribution < 1.29 is 9.53 Å². The SMILES string of the molecule is COc1cccc(C(=O)N2CCc3ccccc3C2)c1.Cn1cncc1Cc1ccc(C#N)cc1. The van der Waals surface area contributed by atoms with Crippen molar-refractivity contribution in [3.05, 3.63) is 119 Å². The third-order valence-electron chi connectivity index (χ3n) is 6.12. The van der Waals surface area contributed by atoms with Gasteiger partial charge in [-0.3, -0.25) is 4.79 Å². The molecule has 4 aromatic rings. The first-order chi connectivity index (χ1) is 17.1. The summed E-state index contributed by atoms with van der Waals surface area (Å²) in [6.07, 6.45) is 5.42. The highest BCUT2D eigenvalue weighted by molar-refractivity contribution is 5.94. The molecule has 0 atom stereocenters. The van der Waals surface area contributed by atoms with Crippen molar-refractivity contribution >= 4 is 5.91 Å². The summed E-state index contributed by atoms with van der Waals surface area (Å²) in [4.78, 5) is 18.5. The Morgan fingerprint density at radius 1 is 1.06 bits per heavy atom. The van der Waals surface area contributed by atoms with E-state index in [4.69, 9.17) is 10.00 Å². The maximum atomic E-state index is 12.5. The van der Waals surface area contributed by atoms with Crippen LogP contribution < -0.4 is 4.74 Å². The summed E-state index contributed by atoms with van der Waals surface area (Å²) in [6.45, 7) is 1.46. The van der Waals surface area contributed by atoms with Crippen LogP contribution in [-0.4, -0.2) is 34.0 Å². The van der Waals surface area contributed by atoms with Crippen LogP contribution in [0.2, 0.25) is 0 Å². The Morgan fingerprint density at radius 3 is 2.51 bits per heavy atom. The molecule has 0 radical (unpaired) electrons. The van der Waals surface area contributed by atoms with Crippen LogP contribution in [0.25, 0.3) is 0 Å². The molecule has 3 aromatic carbocycles. The number of aryl methyl sites for hydroxylation is 1. The van der Waals surface area contributed by atoms with Gasteiger partial charge in [-0.1, -0.05) is 42.5 Å². The highest BCUT2D eigenvalue weighted by Gasteiger charge is 2.21. The molecule has 0 N–H and O–H groups in total. The number of amides is 1. The number of aromatic nitrogens is 2. The van der Waals surface area contributed by atoms with Gasteiger partial charge in [-0.05, 0) is 53.4 Å². The molecule has 6 heteroatoms. The molecule has 1 aliphatic heterocycles. The van der Waals surface area contributed by atoms with E-state index < -0.39 is 0 Å². The monoisotopic (exact) mass is 464 g/mol. The van der Waals surface area contributed by atoms with Gasteiger partial charge in [-0.15, -0.1) is 0 Å². The van der Waals surface area contributed by atoms with E-state index in [1.807, 2.05) is 71.2 Å². The predicted molar refractivity (Wildman–Crippen MR) is 135 cm³/mol. The van der Waals surface area contributed by atoms with Gasteiger partial charge >= 0.3 is 0 Å². The highest BCUT2D eigenvalue weighted by Crippen LogP contribution is 2.21. The van der Waals surface area contributed by atoms with Gasteiger partial charge in [0.25, 0.3) is 5.91 Å². The van der Waals surface area contributed by atoms with E-state index in [1.54, 1.807) is 19.5 Å². The molecule has 0 fully saturated rings. The van der Waals surface area contributed by atoms with E-state index >= 15 is 0 Å². The molecule has 1 aliphatic rings. The summed E-state index contributed by atoms with van der Waals surface area (Å²) in [5, 5.41) is 8.67. The fraction of sp³-hybridized carbons (Fsp3) is 0.207. The zero-order chi connectivity index (χ0) is 24.6. The van der Waals surface area contributed by atoms with Crippen LogP contribution in [0.15, 0.2) is 85.3 Å². The first kappa shape index (κ1) is 23.8. The third kappa shape index (κ3) is 5.96. The largest absolute Gasteiger partial charge is 0.497 e. The van der Waals surface area contributed by atoms with Gasteiger partial charge in [0.2, 0.25) is 0 Å². The first-order valence-corrected chi connectivity index (χ1v) is 11.5. The van der Waals surface area contributed by atoms with Crippen molar-refractivity contribution in [2.24, 2.45) is 7.05 Å². The van der Waals surface area contributed by atoms with E-state index in [2.05, 4.69) is 29.3 Å². The van der Waals surface area contributed by atoms with Crippen molar-refractivity contribution in [3.8, 4) is 11.8 Å². The molecule has 0 saturated carbocycles. The minimum absolute atomic E-state index is 0.0680. The van der Waals surface area contributed by atoms with Crippen molar-refractivity contribution in [1.82, 2.24) is 14.5 Å². The zero-order valence-corrected chi connectivity index (χ0v) is 20.0.